The first-order valence-electron chi connectivity index (χ1n) is 8.37. The van der Waals surface area contributed by atoms with Crippen LogP contribution in [0.25, 0.3) is 10.2 Å². The molecule has 1 aromatic carbocycles. The van der Waals surface area contributed by atoms with Gasteiger partial charge in [0.25, 0.3) is 0 Å². The van der Waals surface area contributed by atoms with Crippen LogP contribution in [0.4, 0.5) is 10.9 Å². The number of thiazole rings is 1. The highest BCUT2D eigenvalue weighted by atomic mass is 32.1. The van der Waals surface area contributed by atoms with E-state index < -0.39 is 5.97 Å². The molecule has 0 saturated carbocycles. The maximum absolute atomic E-state index is 12.1. The van der Waals surface area contributed by atoms with Crippen LogP contribution in [0.3, 0.4) is 0 Å². The molecule has 0 fully saturated rings. The molecule has 3 rings (SSSR count). The largest absolute Gasteiger partial charge is 0.462 e. The molecule has 0 aliphatic rings. The highest BCUT2D eigenvalue weighted by Gasteiger charge is 2.17. The maximum Gasteiger partial charge on any atom is 0.343 e. The van der Waals surface area contributed by atoms with E-state index in [1.807, 2.05) is 0 Å². The first-order valence-corrected chi connectivity index (χ1v) is 9.19. The van der Waals surface area contributed by atoms with E-state index in [4.69, 9.17) is 9.47 Å². The van der Waals surface area contributed by atoms with E-state index in [2.05, 4.69) is 20.3 Å². The monoisotopic (exact) mass is 386 g/mol. The number of carbonyl (C=O) groups excluding carboxylic acids is 2. The predicted octanol–water partition coefficient (Wildman–Crippen LogP) is 3.49. The second-order valence-electron chi connectivity index (χ2n) is 5.45. The van der Waals surface area contributed by atoms with Gasteiger partial charge in [0.2, 0.25) is 0 Å². The second kappa shape index (κ2) is 8.09. The molecule has 140 valence electrons. The Hall–Kier alpha value is -3.07. The smallest absolute Gasteiger partial charge is 0.343 e. The van der Waals surface area contributed by atoms with Crippen LogP contribution in [0, 0.1) is 6.92 Å². The highest BCUT2D eigenvalue weighted by molar-refractivity contribution is 7.22. The molecule has 0 amide bonds. The quantitative estimate of drug-likeness (QED) is 0.642. The Morgan fingerprint density at radius 3 is 2.59 bits per heavy atom. The Balaban J connectivity index is 1.92. The third-order valence-electron chi connectivity index (χ3n) is 3.53. The minimum absolute atomic E-state index is 0.230. The minimum Gasteiger partial charge on any atom is -0.462 e. The molecule has 0 bridgehead atoms. The van der Waals surface area contributed by atoms with Crippen LogP contribution in [0.15, 0.2) is 24.4 Å². The highest BCUT2D eigenvalue weighted by Crippen LogP contribution is 2.30. The first kappa shape index (κ1) is 18.7. The Morgan fingerprint density at radius 1 is 1.11 bits per heavy atom. The molecule has 0 spiro atoms. The number of carbonyl (C=O) groups is 2. The van der Waals surface area contributed by atoms with Crippen molar-refractivity contribution in [2.75, 3.05) is 18.5 Å². The van der Waals surface area contributed by atoms with Crippen LogP contribution in [-0.4, -0.2) is 40.1 Å². The van der Waals surface area contributed by atoms with E-state index in [1.165, 1.54) is 17.5 Å². The van der Waals surface area contributed by atoms with Crippen molar-refractivity contribution in [3.05, 3.63) is 41.3 Å². The van der Waals surface area contributed by atoms with Crippen molar-refractivity contribution in [3.8, 4) is 0 Å². The summed E-state index contributed by atoms with van der Waals surface area (Å²) in [6.45, 7) is 5.79. The minimum atomic E-state index is -0.509. The average molecular weight is 386 g/mol. The Kier molecular flexibility index (Phi) is 5.60. The van der Waals surface area contributed by atoms with E-state index in [1.54, 1.807) is 39.0 Å². The van der Waals surface area contributed by atoms with Gasteiger partial charge >= 0.3 is 11.9 Å². The fourth-order valence-electron chi connectivity index (χ4n) is 2.34. The first-order chi connectivity index (χ1) is 13.0. The lowest BCUT2D eigenvalue weighted by Crippen LogP contribution is -2.10. The number of esters is 2. The lowest BCUT2D eigenvalue weighted by atomic mass is 10.2. The summed E-state index contributed by atoms with van der Waals surface area (Å²) in [5.74, 6) is -0.0501. The van der Waals surface area contributed by atoms with Gasteiger partial charge in [0, 0.05) is 6.20 Å². The van der Waals surface area contributed by atoms with Crippen molar-refractivity contribution in [1.82, 2.24) is 15.0 Å². The Morgan fingerprint density at radius 2 is 1.85 bits per heavy atom. The average Bonchev–Trinajstić information content (AvgIpc) is 3.03. The summed E-state index contributed by atoms with van der Waals surface area (Å²) in [6.07, 6.45) is 1.43. The number of aryl methyl sites for hydroxylation is 1. The van der Waals surface area contributed by atoms with Gasteiger partial charge in [-0.1, -0.05) is 11.3 Å². The van der Waals surface area contributed by atoms with Crippen LogP contribution in [0.2, 0.25) is 0 Å². The van der Waals surface area contributed by atoms with Crippen LogP contribution >= 0.6 is 11.3 Å². The van der Waals surface area contributed by atoms with E-state index in [9.17, 15) is 9.59 Å². The van der Waals surface area contributed by atoms with Crippen molar-refractivity contribution < 1.29 is 19.1 Å². The van der Waals surface area contributed by atoms with Crippen molar-refractivity contribution in [2.45, 2.75) is 20.8 Å². The van der Waals surface area contributed by atoms with Crippen LogP contribution in [0.5, 0.6) is 0 Å². The number of hydrogen-bond donors (Lipinski definition) is 1. The predicted molar refractivity (Wildman–Crippen MR) is 102 cm³/mol. The van der Waals surface area contributed by atoms with Crippen LogP contribution in [-0.2, 0) is 9.47 Å². The zero-order chi connectivity index (χ0) is 19.4. The maximum atomic E-state index is 12.1. The molecule has 0 radical (unpaired) electrons. The summed E-state index contributed by atoms with van der Waals surface area (Å²) in [5, 5.41) is 3.59. The zero-order valence-electron chi connectivity index (χ0n) is 15.1. The third-order valence-corrected chi connectivity index (χ3v) is 4.46. The third kappa shape index (κ3) is 4.20. The number of rotatable bonds is 6. The van der Waals surface area contributed by atoms with Gasteiger partial charge in [-0.2, -0.15) is 0 Å². The molecule has 0 atom stereocenters. The number of anilines is 2. The van der Waals surface area contributed by atoms with Crippen molar-refractivity contribution >= 4 is 44.4 Å². The number of fused-ring (bicyclic) bond motifs is 1. The Labute approximate surface area is 159 Å². The van der Waals surface area contributed by atoms with Gasteiger partial charge in [-0.15, -0.1) is 0 Å². The van der Waals surface area contributed by atoms with Gasteiger partial charge in [-0.3, -0.25) is 0 Å². The van der Waals surface area contributed by atoms with Crippen molar-refractivity contribution in [3.63, 3.8) is 0 Å². The number of ether oxygens (including phenoxy) is 2. The Bertz CT molecular complexity index is 1000. The standard InChI is InChI=1S/C18H18N4O4S/c1-4-25-16(23)11-6-7-13-14(8-11)27-18(21-13)22-15-12(17(24)26-5-2)9-19-10(3)20-15/h6-9H,4-5H2,1-3H3,(H,19,20,21,22). The summed E-state index contributed by atoms with van der Waals surface area (Å²) in [4.78, 5) is 36.8. The second-order valence-corrected chi connectivity index (χ2v) is 6.48. The van der Waals surface area contributed by atoms with Crippen LogP contribution < -0.4 is 5.32 Å². The molecule has 0 aliphatic heterocycles. The summed E-state index contributed by atoms with van der Waals surface area (Å²) in [7, 11) is 0. The summed E-state index contributed by atoms with van der Waals surface area (Å²) in [5.41, 5.74) is 1.41. The number of nitrogens with one attached hydrogen (secondary N) is 1. The topological polar surface area (TPSA) is 103 Å². The molecule has 3 aromatic rings. The molecule has 8 nitrogen and oxygen atoms in total. The molecule has 27 heavy (non-hydrogen) atoms. The van der Waals surface area contributed by atoms with E-state index in [0.717, 1.165) is 10.2 Å². The molecule has 2 heterocycles. The molecular formula is C18H18N4O4S. The molecule has 9 heteroatoms. The number of nitrogens with zero attached hydrogens (tertiary/aromatic N) is 3. The molecule has 0 saturated heterocycles. The molecule has 0 unspecified atom stereocenters. The van der Waals surface area contributed by atoms with E-state index in [-0.39, 0.29) is 18.1 Å². The lowest BCUT2D eigenvalue weighted by molar-refractivity contribution is 0.0517. The number of hydrogen-bond acceptors (Lipinski definition) is 9. The molecule has 2 aromatic heterocycles. The van der Waals surface area contributed by atoms with Gasteiger partial charge in [0.15, 0.2) is 10.9 Å². The zero-order valence-corrected chi connectivity index (χ0v) is 15.9. The number of aromatic nitrogens is 3. The van der Waals surface area contributed by atoms with Gasteiger partial charge in [-0.05, 0) is 39.0 Å². The number of benzene rings is 1. The summed E-state index contributed by atoms with van der Waals surface area (Å²) >= 11 is 1.34. The fraction of sp³-hybridized carbons (Fsp3) is 0.278. The molecule has 1 N–H and O–H groups in total. The summed E-state index contributed by atoms with van der Waals surface area (Å²) in [6, 6.07) is 5.15. The van der Waals surface area contributed by atoms with Crippen molar-refractivity contribution in [1.29, 1.82) is 0 Å². The van der Waals surface area contributed by atoms with Gasteiger partial charge in [-0.25, -0.2) is 24.5 Å². The van der Waals surface area contributed by atoms with Gasteiger partial charge in [0.05, 0.1) is 29.0 Å². The van der Waals surface area contributed by atoms with E-state index >= 15 is 0 Å². The fourth-order valence-corrected chi connectivity index (χ4v) is 3.25. The van der Waals surface area contributed by atoms with Crippen molar-refractivity contribution in [2.24, 2.45) is 0 Å². The van der Waals surface area contributed by atoms with Crippen LogP contribution in [0.1, 0.15) is 40.4 Å². The van der Waals surface area contributed by atoms with Gasteiger partial charge < -0.3 is 14.8 Å². The SMILES string of the molecule is CCOC(=O)c1ccc2nc(Nc3nc(C)ncc3C(=O)OCC)sc2c1. The molecule has 0 aliphatic carbocycles. The summed E-state index contributed by atoms with van der Waals surface area (Å²) < 4.78 is 10.9. The molecular weight excluding hydrogens is 368 g/mol. The van der Waals surface area contributed by atoms with E-state index in [0.29, 0.717) is 28.9 Å². The lowest BCUT2D eigenvalue weighted by Gasteiger charge is -2.08. The van der Waals surface area contributed by atoms with Gasteiger partial charge in [0.1, 0.15) is 11.4 Å². The normalized spacial score (nSPS) is 10.6.